The number of carbonyl (C=O) groups is 1. The van der Waals surface area contributed by atoms with Gasteiger partial charge in [-0.3, -0.25) is 4.57 Å². The molecule has 3 rings (SSSR count). The fourth-order valence-electron chi connectivity index (χ4n) is 2.47. The number of aryl methyl sites for hydroxylation is 2. The first kappa shape index (κ1) is 18.9. The van der Waals surface area contributed by atoms with Gasteiger partial charge in [0.15, 0.2) is 4.80 Å². The van der Waals surface area contributed by atoms with Gasteiger partial charge in [0.25, 0.3) is 0 Å². The Morgan fingerprint density at radius 3 is 2.37 bits per heavy atom. The maximum atomic E-state index is 12.7. The molecular weight excluding hydrogens is 375 g/mol. The molecule has 4 nitrogen and oxygen atoms in total. The lowest BCUT2D eigenvalue weighted by atomic mass is 10.2. The summed E-state index contributed by atoms with van der Waals surface area (Å²) in [6.07, 6.45) is -2.67. The summed E-state index contributed by atoms with van der Waals surface area (Å²) in [6, 6.07) is 11.5. The van der Waals surface area contributed by atoms with Gasteiger partial charge in [0, 0.05) is 22.4 Å². The van der Waals surface area contributed by atoms with Crippen LogP contribution in [0.15, 0.2) is 59.7 Å². The average molecular weight is 391 g/mol. The zero-order valence-electron chi connectivity index (χ0n) is 14.5. The van der Waals surface area contributed by atoms with Gasteiger partial charge in [0.2, 0.25) is 0 Å². The molecule has 0 radical (unpaired) electrons. The highest BCUT2D eigenvalue weighted by Gasteiger charge is 2.30. The number of nitrogens with zero attached hydrogens (tertiary/aromatic N) is 2. The zero-order chi connectivity index (χ0) is 19.6. The molecule has 27 heavy (non-hydrogen) atoms. The fraction of sp³-hybridized carbons (Fsp3) is 0.158. The molecule has 0 fully saturated rings. The molecule has 0 unspecified atom stereocenters. The van der Waals surface area contributed by atoms with E-state index in [-0.39, 0.29) is 0 Å². The molecule has 0 spiro atoms. The third-order valence-corrected chi connectivity index (χ3v) is 4.72. The van der Waals surface area contributed by atoms with Gasteiger partial charge in [-0.15, -0.1) is 11.3 Å². The molecule has 1 aromatic heterocycles. The Labute approximate surface area is 157 Å². The maximum Gasteiger partial charge on any atom is 0.416 e. The number of para-hydroxylation sites is 1. The Bertz CT molecular complexity index is 1030. The fourth-order valence-corrected chi connectivity index (χ4v) is 3.30. The van der Waals surface area contributed by atoms with E-state index in [1.807, 2.05) is 26.0 Å². The second-order valence-corrected chi connectivity index (χ2v) is 7.11. The number of carbonyl (C=O) groups excluding carboxylic acids is 1. The highest BCUT2D eigenvalue weighted by atomic mass is 32.1. The third kappa shape index (κ3) is 4.46. The molecular formula is C19H16F3N3OS. The van der Waals surface area contributed by atoms with E-state index >= 15 is 0 Å². The molecule has 0 saturated carbocycles. The Morgan fingerprint density at radius 2 is 1.74 bits per heavy atom. The zero-order valence-corrected chi connectivity index (χ0v) is 15.4. The number of urea groups is 1. The van der Waals surface area contributed by atoms with Crippen LogP contribution >= 0.6 is 11.3 Å². The highest BCUT2D eigenvalue weighted by molar-refractivity contribution is 7.09. The van der Waals surface area contributed by atoms with Crippen molar-refractivity contribution < 1.29 is 18.0 Å². The molecule has 0 aliphatic rings. The topological polar surface area (TPSA) is 46.4 Å². The minimum Gasteiger partial charge on any atom is -0.306 e. The van der Waals surface area contributed by atoms with Crippen molar-refractivity contribution in [3.05, 3.63) is 75.5 Å². The van der Waals surface area contributed by atoms with Gasteiger partial charge in [-0.1, -0.05) is 18.2 Å². The average Bonchev–Trinajstić information content (AvgIpc) is 2.96. The van der Waals surface area contributed by atoms with Crippen LogP contribution in [0.2, 0.25) is 0 Å². The van der Waals surface area contributed by atoms with E-state index < -0.39 is 17.8 Å². The number of hydrogen-bond acceptors (Lipinski definition) is 2. The van der Waals surface area contributed by atoms with Crippen molar-refractivity contribution in [2.75, 3.05) is 5.32 Å². The monoisotopic (exact) mass is 391 g/mol. The Morgan fingerprint density at radius 1 is 1.07 bits per heavy atom. The van der Waals surface area contributed by atoms with E-state index in [9.17, 15) is 18.0 Å². The number of hydrogen-bond donors (Lipinski definition) is 1. The summed E-state index contributed by atoms with van der Waals surface area (Å²) in [5.41, 5.74) is 1.32. The summed E-state index contributed by atoms with van der Waals surface area (Å²) < 4.78 is 39.8. The van der Waals surface area contributed by atoms with Gasteiger partial charge >= 0.3 is 12.2 Å². The van der Waals surface area contributed by atoms with Crippen molar-refractivity contribution in [3.8, 4) is 5.69 Å². The Kier molecular flexibility index (Phi) is 5.18. The number of rotatable bonds is 2. The predicted octanol–water partition coefficient (Wildman–Crippen LogP) is 5.31. The lowest BCUT2D eigenvalue weighted by molar-refractivity contribution is -0.137. The number of benzene rings is 2. The van der Waals surface area contributed by atoms with E-state index in [1.54, 1.807) is 22.9 Å². The third-order valence-electron chi connectivity index (χ3n) is 3.83. The van der Waals surface area contributed by atoms with E-state index in [0.29, 0.717) is 16.2 Å². The molecule has 3 aromatic rings. The molecule has 140 valence electrons. The van der Waals surface area contributed by atoms with Crippen LogP contribution in [0.3, 0.4) is 0 Å². The van der Waals surface area contributed by atoms with E-state index in [4.69, 9.17) is 0 Å². The van der Waals surface area contributed by atoms with Gasteiger partial charge in [0.05, 0.1) is 5.56 Å². The van der Waals surface area contributed by atoms with Crippen molar-refractivity contribution in [1.82, 2.24) is 4.57 Å². The molecule has 0 bridgehead atoms. The second kappa shape index (κ2) is 7.40. The van der Waals surface area contributed by atoms with Crippen LogP contribution in [-0.2, 0) is 6.18 Å². The molecule has 8 heteroatoms. The van der Waals surface area contributed by atoms with Crippen molar-refractivity contribution in [3.63, 3.8) is 0 Å². The first-order chi connectivity index (χ1) is 12.7. The summed E-state index contributed by atoms with van der Waals surface area (Å²) >= 11 is 1.28. The van der Waals surface area contributed by atoms with E-state index in [2.05, 4.69) is 10.3 Å². The molecule has 0 aliphatic heterocycles. The van der Waals surface area contributed by atoms with Crippen molar-refractivity contribution >= 4 is 23.1 Å². The van der Waals surface area contributed by atoms with Crippen LogP contribution in [0.25, 0.3) is 5.69 Å². The van der Waals surface area contributed by atoms with Crippen molar-refractivity contribution in [2.24, 2.45) is 4.99 Å². The Hall–Kier alpha value is -2.87. The summed E-state index contributed by atoms with van der Waals surface area (Å²) in [6.45, 7) is 3.71. The number of alkyl halides is 3. The normalized spacial score (nSPS) is 12.3. The molecule has 1 N–H and O–H groups in total. The molecule has 0 atom stereocenters. The molecule has 1 heterocycles. The molecule has 0 saturated heterocycles. The largest absolute Gasteiger partial charge is 0.416 e. The lowest BCUT2D eigenvalue weighted by Crippen LogP contribution is -2.18. The quantitative estimate of drug-likeness (QED) is 0.632. The number of halogens is 3. The maximum absolute atomic E-state index is 12.7. The predicted molar refractivity (Wildman–Crippen MR) is 99.1 cm³/mol. The van der Waals surface area contributed by atoms with Gasteiger partial charge in [-0.05, 0) is 49.7 Å². The van der Waals surface area contributed by atoms with Crippen LogP contribution in [0.1, 0.15) is 16.0 Å². The first-order valence-corrected chi connectivity index (χ1v) is 8.84. The highest BCUT2D eigenvalue weighted by Crippen LogP contribution is 2.29. The van der Waals surface area contributed by atoms with Crippen molar-refractivity contribution in [2.45, 2.75) is 20.0 Å². The Balaban J connectivity index is 1.93. The summed E-state index contributed by atoms with van der Waals surface area (Å²) in [5.74, 6) is 0. The summed E-state index contributed by atoms with van der Waals surface area (Å²) in [5, 5.41) is 2.71. The van der Waals surface area contributed by atoms with Crippen molar-refractivity contribution in [1.29, 1.82) is 0 Å². The van der Waals surface area contributed by atoms with Gasteiger partial charge in [-0.2, -0.15) is 18.2 Å². The van der Waals surface area contributed by atoms with Gasteiger partial charge in [0.1, 0.15) is 0 Å². The molecule has 0 aliphatic carbocycles. The minimum absolute atomic E-state index is 0.373. The number of anilines is 1. The number of thiazole rings is 1. The van der Waals surface area contributed by atoms with Crippen LogP contribution in [0, 0.1) is 13.8 Å². The number of nitrogens with one attached hydrogen (secondary N) is 1. The van der Waals surface area contributed by atoms with E-state index in [0.717, 1.165) is 22.6 Å². The number of aromatic nitrogens is 1. The molecule has 2 aromatic carbocycles. The van der Waals surface area contributed by atoms with Gasteiger partial charge < -0.3 is 5.32 Å². The van der Waals surface area contributed by atoms with Crippen LogP contribution in [0.5, 0.6) is 0 Å². The van der Waals surface area contributed by atoms with Crippen LogP contribution in [0.4, 0.5) is 23.7 Å². The molecule has 2 amide bonds. The lowest BCUT2D eigenvalue weighted by Gasteiger charge is -2.08. The van der Waals surface area contributed by atoms with Crippen LogP contribution < -0.4 is 10.1 Å². The standard InChI is InChI=1S/C19H16F3N3OS/c1-12-5-3-4-6-16(12)23-17(26)24-18-25(11-13(2)27-18)15-9-7-14(8-10-15)19(20,21)22/h3-11H,1-2H3,(H,23,26)/b24-18-. The first-order valence-electron chi connectivity index (χ1n) is 8.02. The number of amides is 2. The second-order valence-electron chi connectivity index (χ2n) is 5.90. The summed E-state index contributed by atoms with van der Waals surface area (Å²) in [7, 11) is 0. The van der Waals surface area contributed by atoms with E-state index in [1.165, 1.54) is 23.5 Å². The minimum atomic E-state index is -4.39. The van der Waals surface area contributed by atoms with Gasteiger partial charge in [-0.25, -0.2) is 4.79 Å². The van der Waals surface area contributed by atoms with Crippen LogP contribution in [-0.4, -0.2) is 10.6 Å². The smallest absolute Gasteiger partial charge is 0.306 e. The summed E-state index contributed by atoms with van der Waals surface area (Å²) in [4.78, 5) is 17.6. The SMILES string of the molecule is Cc1cn(-c2ccc(C(F)(F)F)cc2)/c(=N/C(=O)Nc2ccccc2C)s1.